The number of esters is 1. The highest BCUT2D eigenvalue weighted by Gasteiger charge is 2.35. The minimum absolute atomic E-state index is 0.137. The van der Waals surface area contributed by atoms with E-state index in [1.807, 2.05) is 0 Å². The molecule has 0 aromatic rings. The predicted octanol–water partition coefficient (Wildman–Crippen LogP) is 1.48. The van der Waals surface area contributed by atoms with E-state index in [9.17, 15) is 18.5 Å². The van der Waals surface area contributed by atoms with Crippen LogP contribution in [-0.4, -0.2) is 32.3 Å². The third-order valence-corrected chi connectivity index (χ3v) is 4.70. The smallest absolute Gasteiger partial charge is 0.322 e. The van der Waals surface area contributed by atoms with Gasteiger partial charge in [-0.2, -0.15) is 9.98 Å². The zero-order chi connectivity index (χ0) is 15.1. The van der Waals surface area contributed by atoms with Gasteiger partial charge in [-0.1, -0.05) is 32.1 Å². The van der Waals surface area contributed by atoms with Gasteiger partial charge in [-0.25, -0.2) is 8.42 Å². The van der Waals surface area contributed by atoms with E-state index in [2.05, 4.69) is 15.5 Å². The van der Waals surface area contributed by atoms with Crippen LogP contribution in [0.5, 0.6) is 0 Å². The van der Waals surface area contributed by atoms with Gasteiger partial charge in [-0.05, 0) is 19.8 Å². The Morgan fingerprint density at radius 3 is 2.30 bits per heavy atom. The second-order valence-electron chi connectivity index (χ2n) is 5.13. The van der Waals surface area contributed by atoms with Crippen LogP contribution in [0.15, 0.2) is 0 Å². The third kappa shape index (κ3) is 5.47. The molecule has 0 saturated heterocycles. The van der Waals surface area contributed by atoms with Gasteiger partial charge >= 0.3 is 5.97 Å². The van der Waals surface area contributed by atoms with Crippen molar-refractivity contribution in [3.8, 4) is 6.07 Å². The van der Waals surface area contributed by atoms with Crippen LogP contribution < -0.4 is 4.72 Å². The SMILES string of the molecule is CCOC(=O)CS(=O)(=O)NC1(C#N)CCCCCCC1. The Morgan fingerprint density at radius 1 is 1.25 bits per heavy atom. The molecule has 1 fully saturated rings. The second-order valence-corrected chi connectivity index (χ2v) is 6.85. The first-order valence-electron chi connectivity index (χ1n) is 7.01. The first-order valence-corrected chi connectivity index (χ1v) is 8.67. The molecule has 7 heteroatoms. The van der Waals surface area contributed by atoms with E-state index in [-0.39, 0.29) is 6.61 Å². The van der Waals surface area contributed by atoms with E-state index in [0.717, 1.165) is 32.1 Å². The molecule has 0 bridgehead atoms. The quantitative estimate of drug-likeness (QED) is 0.776. The fourth-order valence-electron chi connectivity index (χ4n) is 2.44. The van der Waals surface area contributed by atoms with E-state index in [1.54, 1.807) is 6.92 Å². The molecule has 0 heterocycles. The van der Waals surface area contributed by atoms with E-state index in [0.29, 0.717) is 12.8 Å². The maximum Gasteiger partial charge on any atom is 0.322 e. The molecule has 0 aromatic heterocycles. The molecule has 1 N–H and O–H groups in total. The third-order valence-electron chi connectivity index (χ3n) is 3.39. The number of hydrogen-bond donors (Lipinski definition) is 1. The van der Waals surface area contributed by atoms with Crippen LogP contribution in [0.4, 0.5) is 0 Å². The van der Waals surface area contributed by atoms with Gasteiger partial charge in [0.05, 0.1) is 12.7 Å². The highest BCUT2D eigenvalue weighted by molar-refractivity contribution is 7.90. The Hall–Kier alpha value is -1.13. The van der Waals surface area contributed by atoms with Gasteiger partial charge in [0.15, 0.2) is 5.75 Å². The summed E-state index contributed by atoms with van der Waals surface area (Å²) in [5.74, 6) is -1.52. The summed E-state index contributed by atoms with van der Waals surface area (Å²) >= 11 is 0. The van der Waals surface area contributed by atoms with E-state index >= 15 is 0 Å². The molecule has 0 atom stereocenters. The van der Waals surface area contributed by atoms with Crippen LogP contribution in [0.2, 0.25) is 0 Å². The summed E-state index contributed by atoms with van der Waals surface area (Å²) in [5, 5.41) is 9.37. The summed E-state index contributed by atoms with van der Waals surface area (Å²) in [7, 11) is -3.85. The van der Waals surface area contributed by atoms with Crippen molar-refractivity contribution in [2.24, 2.45) is 0 Å². The molecule has 1 aliphatic rings. The van der Waals surface area contributed by atoms with Crippen LogP contribution >= 0.6 is 0 Å². The lowest BCUT2D eigenvalue weighted by Gasteiger charge is -2.29. The average Bonchev–Trinajstić information content (AvgIpc) is 2.32. The van der Waals surface area contributed by atoms with Gasteiger partial charge in [0, 0.05) is 0 Å². The van der Waals surface area contributed by atoms with Crippen molar-refractivity contribution in [1.29, 1.82) is 5.26 Å². The molecule has 1 saturated carbocycles. The normalized spacial score (nSPS) is 19.4. The molecule has 1 aliphatic carbocycles. The number of rotatable bonds is 5. The molecule has 0 amide bonds. The number of carbonyl (C=O) groups excluding carboxylic acids is 1. The number of ether oxygens (including phenoxy) is 1. The molecule has 114 valence electrons. The summed E-state index contributed by atoms with van der Waals surface area (Å²) in [5.41, 5.74) is -1.08. The minimum Gasteiger partial charge on any atom is -0.465 e. The summed E-state index contributed by atoms with van der Waals surface area (Å²) in [4.78, 5) is 11.3. The molecule has 0 spiro atoms. The Kier molecular flexibility index (Phi) is 6.43. The van der Waals surface area contributed by atoms with Crippen molar-refractivity contribution in [1.82, 2.24) is 4.72 Å². The molecule has 0 aliphatic heterocycles. The van der Waals surface area contributed by atoms with Gasteiger partial charge in [-0.15, -0.1) is 0 Å². The number of nitriles is 1. The van der Waals surface area contributed by atoms with Crippen molar-refractivity contribution in [3.63, 3.8) is 0 Å². The van der Waals surface area contributed by atoms with Crippen molar-refractivity contribution in [3.05, 3.63) is 0 Å². The lowest BCUT2D eigenvalue weighted by molar-refractivity contribution is -0.139. The molecule has 20 heavy (non-hydrogen) atoms. The maximum absolute atomic E-state index is 12.0. The number of nitrogens with zero attached hydrogens (tertiary/aromatic N) is 1. The Labute approximate surface area is 120 Å². The predicted molar refractivity (Wildman–Crippen MR) is 74.2 cm³/mol. The van der Waals surface area contributed by atoms with Crippen molar-refractivity contribution in [2.45, 2.75) is 57.4 Å². The molecular weight excluding hydrogens is 280 g/mol. The summed E-state index contributed by atoms with van der Waals surface area (Å²) in [6.07, 6.45) is 5.74. The van der Waals surface area contributed by atoms with Gasteiger partial charge < -0.3 is 4.74 Å². The highest BCUT2D eigenvalue weighted by atomic mass is 32.2. The minimum atomic E-state index is -3.85. The van der Waals surface area contributed by atoms with Gasteiger partial charge in [0.1, 0.15) is 5.54 Å². The lowest BCUT2D eigenvalue weighted by atomic mass is 9.86. The van der Waals surface area contributed by atoms with Gasteiger partial charge in [0.2, 0.25) is 10.0 Å². The monoisotopic (exact) mass is 302 g/mol. The highest BCUT2D eigenvalue weighted by Crippen LogP contribution is 2.26. The van der Waals surface area contributed by atoms with E-state index in [4.69, 9.17) is 0 Å². The summed E-state index contributed by atoms with van der Waals surface area (Å²) in [6.45, 7) is 1.75. The molecule has 1 rings (SSSR count). The van der Waals surface area contributed by atoms with Gasteiger partial charge in [-0.3, -0.25) is 4.79 Å². The largest absolute Gasteiger partial charge is 0.465 e. The van der Waals surface area contributed by atoms with Crippen molar-refractivity contribution in [2.75, 3.05) is 12.4 Å². The van der Waals surface area contributed by atoms with Crippen LogP contribution in [0.3, 0.4) is 0 Å². The number of nitrogens with one attached hydrogen (secondary N) is 1. The Morgan fingerprint density at radius 2 is 1.80 bits per heavy atom. The molecule has 0 radical (unpaired) electrons. The molecule has 6 nitrogen and oxygen atoms in total. The molecule has 0 unspecified atom stereocenters. The fraction of sp³-hybridized carbons (Fsp3) is 0.846. The van der Waals surface area contributed by atoms with Crippen LogP contribution in [0, 0.1) is 11.3 Å². The number of carbonyl (C=O) groups is 1. The first kappa shape index (κ1) is 16.9. The standard InChI is InChI=1S/C13H22N2O4S/c1-2-19-12(16)10-20(17,18)15-13(11-14)8-6-4-3-5-7-9-13/h15H,2-10H2,1H3. The summed E-state index contributed by atoms with van der Waals surface area (Å²) < 4.78 is 31.0. The topological polar surface area (TPSA) is 96.3 Å². The zero-order valence-electron chi connectivity index (χ0n) is 11.9. The lowest BCUT2D eigenvalue weighted by Crippen LogP contribution is -2.49. The Balaban J connectivity index is 2.74. The van der Waals surface area contributed by atoms with Crippen molar-refractivity contribution >= 4 is 16.0 Å². The fourth-order valence-corrected chi connectivity index (χ4v) is 3.75. The summed E-state index contributed by atoms with van der Waals surface area (Å²) in [6, 6.07) is 2.10. The number of hydrogen-bond acceptors (Lipinski definition) is 5. The van der Waals surface area contributed by atoms with Gasteiger partial charge in [0.25, 0.3) is 0 Å². The van der Waals surface area contributed by atoms with Crippen LogP contribution in [0.1, 0.15) is 51.9 Å². The van der Waals surface area contributed by atoms with Crippen LogP contribution in [-0.2, 0) is 19.6 Å². The van der Waals surface area contributed by atoms with Crippen molar-refractivity contribution < 1.29 is 17.9 Å². The maximum atomic E-state index is 12.0. The average molecular weight is 302 g/mol. The van der Waals surface area contributed by atoms with E-state index in [1.165, 1.54) is 0 Å². The van der Waals surface area contributed by atoms with E-state index < -0.39 is 27.3 Å². The molecule has 0 aromatic carbocycles. The first-order chi connectivity index (χ1) is 9.43. The zero-order valence-corrected chi connectivity index (χ0v) is 12.7. The second kappa shape index (κ2) is 7.60. The Bertz CT molecular complexity index is 459. The molecular formula is C13H22N2O4S. The van der Waals surface area contributed by atoms with Crippen LogP contribution in [0.25, 0.3) is 0 Å². The number of sulfonamides is 1.